The number of rotatable bonds is 16. The topological polar surface area (TPSA) is 198 Å². The van der Waals surface area contributed by atoms with Gasteiger partial charge in [-0.1, -0.05) is 92.5 Å². The van der Waals surface area contributed by atoms with Gasteiger partial charge in [0.05, 0.1) is 35.4 Å². The van der Waals surface area contributed by atoms with Crippen LogP contribution < -0.4 is 21.3 Å². The van der Waals surface area contributed by atoms with Crippen molar-refractivity contribution in [1.82, 2.24) is 20.4 Å². The van der Waals surface area contributed by atoms with E-state index in [0.717, 1.165) is 11.3 Å². The number of amides is 2. The van der Waals surface area contributed by atoms with Crippen molar-refractivity contribution in [2.24, 2.45) is 0 Å². The van der Waals surface area contributed by atoms with Crippen LogP contribution in [0.25, 0.3) is 32.6 Å². The van der Waals surface area contributed by atoms with Crippen LogP contribution in [0.1, 0.15) is 90.3 Å². The van der Waals surface area contributed by atoms with E-state index in [1.165, 1.54) is 0 Å². The average molecular weight is 1090 g/mol. The number of nitrogens with zero attached hydrogens (tertiary/aromatic N) is 6. The molecule has 5 N–H and O–H groups in total. The highest BCUT2D eigenvalue weighted by molar-refractivity contribution is 6.74. The maximum atomic E-state index is 12.5. The lowest BCUT2D eigenvalue weighted by molar-refractivity contribution is 0.101. The van der Waals surface area contributed by atoms with Gasteiger partial charge in [0, 0.05) is 45.0 Å². The Kier molecular flexibility index (Phi) is 18.1. The molecule has 6 aromatic carbocycles. The lowest BCUT2D eigenvalue weighted by atomic mass is 10.1. The number of aliphatic hydroxyl groups is 1. The van der Waals surface area contributed by atoms with Crippen molar-refractivity contribution in [1.29, 1.82) is 0 Å². The maximum Gasteiger partial charge on any atom is 0.255 e. The molecule has 8 rings (SSSR count). The van der Waals surface area contributed by atoms with Crippen LogP contribution in [0.5, 0.6) is 0 Å². The predicted octanol–water partition coefficient (Wildman–Crippen LogP) is 15.1. The van der Waals surface area contributed by atoms with Crippen molar-refractivity contribution in [2.45, 2.75) is 90.9 Å². The van der Waals surface area contributed by atoms with Gasteiger partial charge in [0.1, 0.15) is 12.1 Å². The second-order valence-electron chi connectivity index (χ2n) is 19.6. The minimum absolute atomic E-state index is 0.00000839. The molecule has 8 aromatic rings. The van der Waals surface area contributed by atoms with Crippen molar-refractivity contribution in [3.05, 3.63) is 200 Å². The summed E-state index contributed by atoms with van der Waals surface area (Å²) in [6.45, 7) is 32.8. The molecule has 0 saturated carbocycles. The molecule has 19 heteroatoms. The van der Waals surface area contributed by atoms with Gasteiger partial charge in [-0.25, -0.2) is 9.69 Å². The number of aliphatic hydroxyl groups excluding tert-OH is 1. The van der Waals surface area contributed by atoms with E-state index in [1.54, 1.807) is 105 Å². The molecule has 0 aliphatic heterocycles. The third kappa shape index (κ3) is 13.8. The molecule has 0 bridgehead atoms. The standard InChI is InChI=1S/C32H36ClN5O3Si.C26H22ClN5O3/c1-20-25(18-19-26(34-6)27(20)33)36-28(21(2)41-42(7,8)32(3,4)5)31-38-37-30(40-31)23-14-16-24(17-15-23)35-29(39)22-12-10-9-11-13-22;1-15-20(13-14-21(28-3)22(15)27)30-23(16(2)33)26-32-31-25(35-26)18-9-11-19(12-10-18)29-24(34)17-7-5-4-6-8-17/h9-19,21,28,36H,1-5,7-8H3,(H,35,39);4-14,16,23,30,33H,1-2H3,(H,29,34)/t21-,28-;16-,23-/m11/s1. The van der Waals surface area contributed by atoms with Gasteiger partial charge in [0.25, 0.3) is 11.8 Å². The smallest absolute Gasteiger partial charge is 0.255 e. The quantitative estimate of drug-likeness (QED) is 0.0454. The van der Waals surface area contributed by atoms with Crippen molar-refractivity contribution in [3.8, 4) is 22.9 Å². The number of hydrogen-bond donors (Lipinski definition) is 5. The molecule has 2 amide bonds. The minimum atomic E-state index is -2.15. The van der Waals surface area contributed by atoms with E-state index in [2.05, 4.69) is 85.2 Å². The summed E-state index contributed by atoms with van der Waals surface area (Å²) >= 11 is 12.8. The van der Waals surface area contributed by atoms with E-state index < -0.39 is 26.5 Å². The lowest BCUT2D eigenvalue weighted by Crippen LogP contribution is -2.45. The van der Waals surface area contributed by atoms with Crippen LogP contribution in [0.2, 0.25) is 28.2 Å². The highest BCUT2D eigenvalue weighted by Gasteiger charge is 2.41. The van der Waals surface area contributed by atoms with Crippen LogP contribution in [-0.4, -0.2) is 57.8 Å². The molecule has 0 saturated heterocycles. The van der Waals surface area contributed by atoms with E-state index >= 15 is 0 Å². The summed E-state index contributed by atoms with van der Waals surface area (Å²) in [4.78, 5) is 31.7. The fourth-order valence-corrected chi connectivity index (χ4v) is 9.41. The Bertz CT molecular complexity index is 3430. The Hall–Kier alpha value is -8.16. The number of nitrogens with one attached hydrogen (secondary N) is 4. The number of anilines is 4. The molecule has 77 heavy (non-hydrogen) atoms. The van der Waals surface area contributed by atoms with E-state index in [9.17, 15) is 14.7 Å². The summed E-state index contributed by atoms with van der Waals surface area (Å²) in [7, 11) is -2.15. The highest BCUT2D eigenvalue weighted by atomic mass is 35.5. The Labute approximate surface area is 459 Å². The predicted molar refractivity (Wildman–Crippen MR) is 305 cm³/mol. The number of benzene rings is 6. The number of aromatic nitrogens is 4. The fraction of sp³-hybridized carbons (Fsp3) is 0.241. The van der Waals surface area contributed by atoms with Crippen molar-refractivity contribution in [2.75, 3.05) is 21.3 Å². The first-order valence-electron chi connectivity index (χ1n) is 24.5. The number of halogens is 2. The number of carbonyl (C=O) groups excluding carboxylic acids is 2. The van der Waals surface area contributed by atoms with Crippen LogP contribution in [0, 0.1) is 27.0 Å². The van der Waals surface area contributed by atoms with Crippen LogP contribution in [0.3, 0.4) is 0 Å². The molecule has 16 nitrogen and oxygen atoms in total. The van der Waals surface area contributed by atoms with E-state index in [1.807, 2.05) is 56.3 Å². The summed E-state index contributed by atoms with van der Waals surface area (Å²) in [5.41, 5.74) is 7.37. The van der Waals surface area contributed by atoms with Gasteiger partial charge in [0.2, 0.25) is 34.9 Å². The van der Waals surface area contributed by atoms with Gasteiger partial charge in [-0.3, -0.25) is 9.59 Å². The second-order valence-corrected chi connectivity index (χ2v) is 25.1. The Morgan fingerprint density at radius 2 is 1.00 bits per heavy atom. The minimum Gasteiger partial charge on any atom is -0.418 e. The number of hydrogen-bond acceptors (Lipinski definition) is 12. The van der Waals surface area contributed by atoms with Gasteiger partial charge >= 0.3 is 0 Å². The molecule has 394 valence electrons. The SMILES string of the molecule is [C-]#[N+]c1ccc(N[C@@H](c2nnc(-c3ccc(NC(=O)c4ccccc4)cc3)o2)[C@@H](C)O)c(C)c1Cl.[C-]#[N+]c1ccc(N[C@@H](c2nnc(-c3ccc(NC(=O)c4ccccc4)cc3)o2)[C@@H](C)O[Si](C)(C)C(C)(C)C)c(C)c1Cl. The van der Waals surface area contributed by atoms with E-state index in [0.29, 0.717) is 78.1 Å². The summed E-state index contributed by atoms with van der Waals surface area (Å²) in [5, 5.41) is 40.5. The Morgan fingerprint density at radius 1 is 0.610 bits per heavy atom. The third-order valence-electron chi connectivity index (χ3n) is 13.1. The molecule has 0 unspecified atom stereocenters. The summed E-state index contributed by atoms with van der Waals surface area (Å²) in [6.07, 6.45) is -1.19. The monoisotopic (exact) mass is 1090 g/mol. The van der Waals surface area contributed by atoms with Gasteiger partial charge < -0.3 is 39.6 Å². The summed E-state index contributed by atoms with van der Waals surface area (Å²) < 4.78 is 18.8. The van der Waals surface area contributed by atoms with E-state index in [4.69, 9.17) is 49.6 Å². The lowest BCUT2D eigenvalue weighted by Gasteiger charge is -2.40. The van der Waals surface area contributed by atoms with Crippen LogP contribution in [0.4, 0.5) is 34.1 Å². The highest BCUT2D eigenvalue weighted by Crippen LogP contribution is 2.41. The molecular formula is C58H58Cl2N10O6Si. The molecular weight excluding hydrogens is 1030 g/mol. The van der Waals surface area contributed by atoms with Gasteiger partial charge in [-0.2, -0.15) is 0 Å². The molecule has 0 radical (unpaired) electrons. The van der Waals surface area contributed by atoms with Crippen LogP contribution >= 0.6 is 23.2 Å². The van der Waals surface area contributed by atoms with Gasteiger partial charge in [-0.05, 0) is 142 Å². The Morgan fingerprint density at radius 3 is 1.38 bits per heavy atom. The van der Waals surface area contributed by atoms with Gasteiger partial charge in [0.15, 0.2) is 8.32 Å². The Balaban J connectivity index is 0.000000227. The zero-order chi connectivity index (χ0) is 55.6. The average Bonchev–Trinajstić information content (AvgIpc) is 4.12. The molecule has 0 aliphatic carbocycles. The molecule has 2 aromatic heterocycles. The summed E-state index contributed by atoms with van der Waals surface area (Å²) in [5.74, 6) is 0.780. The fourth-order valence-electron chi connectivity index (χ4n) is 7.57. The van der Waals surface area contributed by atoms with Crippen molar-refractivity contribution < 1.29 is 28.0 Å². The molecule has 0 spiro atoms. The maximum absolute atomic E-state index is 12.5. The first-order chi connectivity index (χ1) is 36.7. The van der Waals surface area contributed by atoms with Gasteiger partial charge in [-0.15, -0.1) is 20.4 Å². The first-order valence-corrected chi connectivity index (χ1v) is 28.2. The van der Waals surface area contributed by atoms with Crippen LogP contribution in [-0.2, 0) is 4.43 Å². The summed E-state index contributed by atoms with van der Waals surface area (Å²) in [6, 6.07) is 37.9. The normalized spacial score (nSPS) is 12.9. The largest absolute Gasteiger partial charge is 0.418 e. The zero-order valence-corrected chi connectivity index (χ0v) is 46.5. The first kappa shape index (κ1) is 56.6. The second kappa shape index (κ2) is 24.7. The van der Waals surface area contributed by atoms with Crippen molar-refractivity contribution in [3.63, 3.8) is 0 Å². The van der Waals surface area contributed by atoms with E-state index in [-0.39, 0.29) is 34.7 Å². The molecule has 0 aliphatic rings. The molecule has 2 heterocycles. The zero-order valence-electron chi connectivity index (χ0n) is 43.9. The molecule has 4 atom stereocenters. The number of carbonyl (C=O) groups is 2. The molecule has 0 fully saturated rings. The van der Waals surface area contributed by atoms with Crippen LogP contribution in [0.15, 0.2) is 142 Å². The third-order valence-corrected chi connectivity index (χ3v) is 18.6. The van der Waals surface area contributed by atoms with Crippen molar-refractivity contribution >= 4 is 77.5 Å².